The van der Waals surface area contributed by atoms with Gasteiger partial charge in [0.1, 0.15) is 5.01 Å². The fourth-order valence-corrected chi connectivity index (χ4v) is 3.47. The Labute approximate surface area is 157 Å². The largest absolute Gasteiger partial charge is 0.455 e. The van der Waals surface area contributed by atoms with Crippen molar-refractivity contribution in [3.05, 3.63) is 36.8 Å². The number of rotatable bonds is 7. The maximum absolute atomic E-state index is 11.7. The smallest absolute Gasteiger partial charge is 0.308 e. The van der Waals surface area contributed by atoms with E-state index in [0.717, 1.165) is 22.7 Å². The van der Waals surface area contributed by atoms with Crippen LogP contribution in [-0.2, 0) is 32.1 Å². The van der Waals surface area contributed by atoms with Crippen molar-refractivity contribution < 1.29 is 19.1 Å². The fourth-order valence-electron chi connectivity index (χ4n) is 1.94. The van der Waals surface area contributed by atoms with Crippen LogP contribution in [0.25, 0.3) is 0 Å². The van der Waals surface area contributed by atoms with E-state index in [1.165, 1.54) is 15.9 Å². The second kappa shape index (κ2) is 9.25. The zero-order valence-electron chi connectivity index (χ0n) is 14.2. The third-order valence-corrected chi connectivity index (χ3v) is 5.05. The molecule has 2 rings (SSSR count). The quantitative estimate of drug-likeness (QED) is 0.512. The monoisotopic (exact) mass is 398 g/mol. The first-order valence-electron chi connectivity index (χ1n) is 7.64. The molecule has 2 aromatic heterocycles. The summed E-state index contributed by atoms with van der Waals surface area (Å²) in [5.41, 5.74) is 5.98. The highest BCUT2D eigenvalue weighted by molar-refractivity contribution is 7.09. The van der Waals surface area contributed by atoms with Crippen LogP contribution in [-0.4, -0.2) is 33.9 Å². The maximum atomic E-state index is 11.7. The minimum Gasteiger partial charge on any atom is -0.455 e. The van der Waals surface area contributed by atoms with Gasteiger partial charge in [-0.3, -0.25) is 30.0 Å². The average Bonchev–Trinajstić information content (AvgIpc) is 3.14. The minimum absolute atomic E-state index is 0.0273. The molecule has 26 heavy (non-hydrogen) atoms. The van der Waals surface area contributed by atoms with Crippen LogP contribution >= 0.6 is 22.7 Å². The first-order valence-corrected chi connectivity index (χ1v) is 9.40. The van der Waals surface area contributed by atoms with Crippen LogP contribution in [0, 0.1) is 13.8 Å². The molecule has 2 aromatic rings. The molecule has 2 N–H and O–H groups in total. The van der Waals surface area contributed by atoms with Gasteiger partial charge in [-0.05, 0) is 13.8 Å². The molecule has 140 valence electrons. The second-order valence-corrected chi connectivity index (χ2v) is 7.12. The molecular formula is C15H18N4O5S2. The van der Waals surface area contributed by atoms with Gasteiger partial charge in [-0.2, -0.15) is 0 Å². The molecule has 0 fully saturated rings. The molecule has 0 atom stereocenters. The molecule has 0 radical (unpaired) electrons. The van der Waals surface area contributed by atoms with Crippen LogP contribution < -0.4 is 15.7 Å². The van der Waals surface area contributed by atoms with Crippen molar-refractivity contribution in [1.29, 1.82) is 0 Å². The molecule has 0 aliphatic rings. The molecule has 2 heterocycles. The molecule has 9 nitrogen and oxygen atoms in total. The molecule has 0 aliphatic heterocycles. The van der Waals surface area contributed by atoms with E-state index in [1.807, 2.05) is 12.3 Å². The van der Waals surface area contributed by atoms with Gasteiger partial charge < -0.3 is 9.30 Å². The number of aromatic nitrogens is 2. The Morgan fingerprint density at radius 1 is 1.15 bits per heavy atom. The number of aryl methyl sites for hydroxylation is 2. The number of esters is 1. The Bertz CT molecular complexity index is 854. The number of thiazole rings is 2. The van der Waals surface area contributed by atoms with Crippen molar-refractivity contribution in [3.8, 4) is 0 Å². The van der Waals surface area contributed by atoms with Gasteiger partial charge in [0.2, 0.25) is 5.91 Å². The third kappa shape index (κ3) is 6.08. The molecule has 0 saturated heterocycles. The Morgan fingerprint density at radius 3 is 2.50 bits per heavy atom. The van der Waals surface area contributed by atoms with Crippen molar-refractivity contribution in [2.24, 2.45) is 0 Å². The molecule has 2 amide bonds. The van der Waals surface area contributed by atoms with Gasteiger partial charge in [-0.25, -0.2) is 4.98 Å². The number of amides is 2. The van der Waals surface area contributed by atoms with Crippen LogP contribution in [0.15, 0.2) is 15.6 Å². The third-order valence-electron chi connectivity index (χ3n) is 3.20. The summed E-state index contributed by atoms with van der Waals surface area (Å²) in [6.45, 7) is 3.27. The van der Waals surface area contributed by atoms with Gasteiger partial charge in [0.15, 0.2) is 6.61 Å². The molecule has 11 heteroatoms. The van der Waals surface area contributed by atoms with Crippen LogP contribution in [0.3, 0.4) is 0 Å². The highest BCUT2D eigenvalue weighted by atomic mass is 32.1. The zero-order chi connectivity index (χ0) is 19.1. The Hall–Kier alpha value is -2.53. The maximum Gasteiger partial charge on any atom is 0.308 e. The lowest BCUT2D eigenvalue weighted by atomic mass is 10.4. The summed E-state index contributed by atoms with van der Waals surface area (Å²) in [6, 6.07) is 0. The first kappa shape index (κ1) is 19.8. The standard InChI is InChI=1S/C15H18N4O5S2/c1-9-7-25-13(16-9)5-11(20)17-18-12(21)6-24-14(22)3-4-19-10(2)8-26-15(19)23/h7-8H,3-6H2,1-2H3,(H,17,20)(H,18,21). The summed E-state index contributed by atoms with van der Waals surface area (Å²) in [7, 11) is 0. The predicted molar refractivity (Wildman–Crippen MR) is 95.7 cm³/mol. The number of nitrogens with zero attached hydrogens (tertiary/aromatic N) is 2. The van der Waals surface area contributed by atoms with Crippen molar-refractivity contribution in [1.82, 2.24) is 20.4 Å². The summed E-state index contributed by atoms with van der Waals surface area (Å²) in [4.78, 5) is 50.4. The SMILES string of the molecule is Cc1csc(CC(=O)NNC(=O)COC(=O)CCn2c(C)csc2=O)n1. The lowest BCUT2D eigenvalue weighted by molar-refractivity contribution is -0.149. The van der Waals surface area contributed by atoms with E-state index in [4.69, 9.17) is 4.74 Å². The van der Waals surface area contributed by atoms with Gasteiger partial charge in [-0.15, -0.1) is 11.3 Å². The van der Waals surface area contributed by atoms with E-state index in [-0.39, 0.29) is 24.3 Å². The summed E-state index contributed by atoms with van der Waals surface area (Å²) >= 11 is 2.41. The van der Waals surface area contributed by atoms with Gasteiger partial charge in [-0.1, -0.05) is 11.3 Å². The Balaban J connectivity index is 1.64. The number of hydrogen-bond donors (Lipinski definition) is 2. The van der Waals surface area contributed by atoms with Crippen LogP contribution in [0.2, 0.25) is 0 Å². The van der Waals surface area contributed by atoms with Gasteiger partial charge >= 0.3 is 10.8 Å². The van der Waals surface area contributed by atoms with E-state index in [2.05, 4.69) is 15.8 Å². The van der Waals surface area contributed by atoms with E-state index in [1.54, 1.807) is 12.3 Å². The zero-order valence-corrected chi connectivity index (χ0v) is 15.9. The van der Waals surface area contributed by atoms with Gasteiger partial charge in [0, 0.05) is 28.7 Å². The van der Waals surface area contributed by atoms with Crippen molar-refractivity contribution >= 4 is 40.5 Å². The molecule has 0 saturated carbocycles. The fraction of sp³-hybridized carbons (Fsp3) is 0.400. The van der Waals surface area contributed by atoms with E-state index < -0.39 is 24.4 Å². The molecule has 0 unspecified atom stereocenters. The first-order chi connectivity index (χ1) is 12.3. The number of carbonyl (C=O) groups is 3. The van der Waals surface area contributed by atoms with Crippen LogP contribution in [0.5, 0.6) is 0 Å². The second-order valence-electron chi connectivity index (χ2n) is 5.36. The molecule has 0 aliphatic carbocycles. The molecule has 0 bridgehead atoms. The lowest BCUT2D eigenvalue weighted by Crippen LogP contribution is -2.44. The highest BCUT2D eigenvalue weighted by Crippen LogP contribution is 2.08. The minimum atomic E-state index is -0.661. The Morgan fingerprint density at radius 2 is 1.88 bits per heavy atom. The van der Waals surface area contributed by atoms with Crippen molar-refractivity contribution in [3.63, 3.8) is 0 Å². The highest BCUT2D eigenvalue weighted by Gasteiger charge is 2.11. The number of hydrogen-bond acceptors (Lipinski definition) is 8. The predicted octanol–water partition coefficient (Wildman–Crippen LogP) is 0.307. The molecular weight excluding hydrogens is 380 g/mol. The summed E-state index contributed by atoms with van der Waals surface area (Å²) in [5.74, 6) is -1.69. The summed E-state index contributed by atoms with van der Waals surface area (Å²) < 4.78 is 6.28. The topological polar surface area (TPSA) is 119 Å². The summed E-state index contributed by atoms with van der Waals surface area (Å²) in [5, 5.41) is 4.17. The number of ether oxygens (including phenoxy) is 1. The van der Waals surface area contributed by atoms with Crippen molar-refractivity contribution in [2.45, 2.75) is 33.2 Å². The number of nitrogens with one attached hydrogen (secondary N) is 2. The van der Waals surface area contributed by atoms with Crippen LogP contribution in [0.1, 0.15) is 22.8 Å². The van der Waals surface area contributed by atoms with E-state index in [9.17, 15) is 19.2 Å². The molecule has 0 spiro atoms. The Kier molecular flexibility index (Phi) is 7.04. The average molecular weight is 398 g/mol. The van der Waals surface area contributed by atoms with Crippen molar-refractivity contribution in [2.75, 3.05) is 6.61 Å². The number of hydrazine groups is 1. The number of carbonyl (C=O) groups excluding carboxylic acids is 3. The molecule has 0 aromatic carbocycles. The van der Waals surface area contributed by atoms with E-state index >= 15 is 0 Å². The normalized spacial score (nSPS) is 10.4. The van der Waals surface area contributed by atoms with Crippen LogP contribution in [0.4, 0.5) is 0 Å². The van der Waals surface area contributed by atoms with Gasteiger partial charge in [0.05, 0.1) is 12.8 Å². The summed E-state index contributed by atoms with van der Waals surface area (Å²) in [6.07, 6.45) is 0.0217. The van der Waals surface area contributed by atoms with E-state index in [0.29, 0.717) is 5.01 Å². The van der Waals surface area contributed by atoms with Gasteiger partial charge in [0.25, 0.3) is 5.91 Å². The lowest BCUT2D eigenvalue weighted by Gasteiger charge is -2.08.